The number of likely N-dealkylation sites (tertiary alicyclic amines) is 1. The van der Waals surface area contributed by atoms with Crippen LogP contribution in [0.1, 0.15) is 83.1 Å². The lowest BCUT2D eigenvalue weighted by molar-refractivity contribution is -0.733. The third-order valence-electron chi connectivity index (χ3n) is 5.55. The molecule has 0 bridgehead atoms. The molecule has 2 amide bonds. The van der Waals surface area contributed by atoms with Crippen molar-refractivity contribution in [3.8, 4) is 0 Å². The van der Waals surface area contributed by atoms with Gasteiger partial charge in [0.05, 0.1) is 13.2 Å². The van der Waals surface area contributed by atoms with E-state index in [0.29, 0.717) is 26.2 Å². The van der Waals surface area contributed by atoms with E-state index in [1.54, 1.807) is 4.90 Å². The van der Waals surface area contributed by atoms with Crippen LogP contribution in [0.5, 0.6) is 0 Å². The van der Waals surface area contributed by atoms with Crippen molar-refractivity contribution in [2.45, 2.75) is 90.8 Å². The molecule has 0 atom stereocenters. The molecule has 0 aliphatic carbocycles. The monoisotopic (exact) mass is 418 g/mol. The number of aromatic nitrogens is 1. The summed E-state index contributed by atoms with van der Waals surface area (Å²) in [5.74, 6) is -0.0332. The molecular formula is C24H40N3O3+. The fraction of sp³-hybridized carbons (Fsp3) is 0.708. The van der Waals surface area contributed by atoms with Gasteiger partial charge in [0.25, 0.3) is 6.73 Å². The number of ether oxygens (including phenoxy) is 1. The zero-order valence-electron chi connectivity index (χ0n) is 18.7. The van der Waals surface area contributed by atoms with Gasteiger partial charge in [0.15, 0.2) is 12.4 Å². The number of carbonyl (C=O) groups excluding carboxylic acids is 2. The van der Waals surface area contributed by atoms with Gasteiger partial charge >= 0.3 is 0 Å². The van der Waals surface area contributed by atoms with E-state index in [2.05, 4.69) is 12.2 Å². The van der Waals surface area contributed by atoms with Crippen molar-refractivity contribution in [3.05, 3.63) is 30.1 Å². The Morgan fingerprint density at radius 2 is 1.87 bits per heavy atom. The van der Waals surface area contributed by atoms with Gasteiger partial charge in [-0.2, -0.15) is 4.57 Å². The average molecular weight is 419 g/mol. The third kappa shape index (κ3) is 10.2. The maximum atomic E-state index is 12.1. The zero-order valence-corrected chi connectivity index (χ0v) is 18.7. The van der Waals surface area contributed by atoms with Gasteiger partial charge in [-0.1, -0.05) is 58.3 Å². The summed E-state index contributed by atoms with van der Waals surface area (Å²) in [7, 11) is 0. The van der Waals surface area contributed by atoms with Gasteiger partial charge in [-0.05, 0) is 18.9 Å². The van der Waals surface area contributed by atoms with Crippen molar-refractivity contribution < 1.29 is 18.9 Å². The van der Waals surface area contributed by atoms with Crippen molar-refractivity contribution in [1.82, 2.24) is 10.2 Å². The summed E-state index contributed by atoms with van der Waals surface area (Å²) in [4.78, 5) is 25.3. The van der Waals surface area contributed by atoms with Crippen molar-refractivity contribution in [2.24, 2.45) is 0 Å². The van der Waals surface area contributed by atoms with Crippen LogP contribution in [0.15, 0.2) is 24.5 Å². The molecule has 2 rings (SSSR count). The van der Waals surface area contributed by atoms with Crippen molar-refractivity contribution in [2.75, 3.05) is 19.7 Å². The second-order valence-corrected chi connectivity index (χ2v) is 8.29. The number of nitrogens with zero attached hydrogens (tertiary/aromatic N) is 2. The summed E-state index contributed by atoms with van der Waals surface area (Å²) < 4.78 is 7.79. The van der Waals surface area contributed by atoms with Crippen LogP contribution in [-0.2, 0) is 27.6 Å². The summed E-state index contributed by atoms with van der Waals surface area (Å²) in [6, 6.07) is 3.95. The number of hydrogen-bond donors (Lipinski definition) is 1. The lowest BCUT2D eigenvalue weighted by Gasteiger charge is -2.14. The molecule has 0 aromatic carbocycles. The lowest BCUT2D eigenvalue weighted by Crippen LogP contribution is -2.38. The molecule has 6 nitrogen and oxygen atoms in total. The second-order valence-electron chi connectivity index (χ2n) is 8.29. The standard InChI is InChI=1S/C24H39N3O3/c1-2-3-4-5-6-7-8-9-10-17-30-21-26-15-11-13-22(19-26)18-25-23(28)20-27-16-12-14-24(27)29/h11,13,15,19H,2-10,12,14,16-18,20-21H2,1H3/p+1. The van der Waals surface area contributed by atoms with Gasteiger partial charge in [0.1, 0.15) is 0 Å². The quantitative estimate of drug-likeness (QED) is 0.329. The molecule has 1 aliphatic rings. The van der Waals surface area contributed by atoms with E-state index >= 15 is 0 Å². The molecule has 1 saturated heterocycles. The van der Waals surface area contributed by atoms with E-state index in [-0.39, 0.29) is 18.4 Å². The molecule has 168 valence electrons. The predicted molar refractivity (Wildman–Crippen MR) is 117 cm³/mol. The lowest BCUT2D eigenvalue weighted by atomic mass is 10.1. The van der Waals surface area contributed by atoms with Crippen LogP contribution in [0.2, 0.25) is 0 Å². The van der Waals surface area contributed by atoms with Gasteiger partial charge in [-0.3, -0.25) is 9.59 Å². The first kappa shape index (κ1) is 24.3. The van der Waals surface area contributed by atoms with E-state index in [0.717, 1.165) is 25.0 Å². The molecule has 0 saturated carbocycles. The minimum atomic E-state index is -0.109. The van der Waals surface area contributed by atoms with E-state index in [1.807, 2.05) is 29.1 Å². The van der Waals surface area contributed by atoms with Crippen LogP contribution in [0, 0.1) is 0 Å². The molecule has 6 heteroatoms. The Balaban J connectivity index is 1.52. The number of amides is 2. The molecule has 0 radical (unpaired) electrons. The molecule has 2 heterocycles. The normalized spacial score (nSPS) is 13.8. The first-order valence-corrected chi connectivity index (χ1v) is 11.8. The molecule has 0 spiro atoms. The minimum Gasteiger partial charge on any atom is -0.350 e. The van der Waals surface area contributed by atoms with Crippen LogP contribution >= 0.6 is 0 Å². The van der Waals surface area contributed by atoms with Gasteiger partial charge in [-0.25, -0.2) is 0 Å². The fourth-order valence-electron chi connectivity index (χ4n) is 3.75. The Labute approximate surface area is 182 Å². The van der Waals surface area contributed by atoms with Crippen LogP contribution in [0.25, 0.3) is 0 Å². The molecule has 1 aromatic rings. The maximum absolute atomic E-state index is 12.1. The summed E-state index contributed by atoms with van der Waals surface area (Å²) in [6.45, 7) is 4.88. The largest absolute Gasteiger partial charge is 0.350 e. The third-order valence-corrected chi connectivity index (χ3v) is 5.55. The number of unbranched alkanes of at least 4 members (excludes halogenated alkanes) is 8. The summed E-state index contributed by atoms with van der Waals surface area (Å²) in [5, 5.41) is 2.90. The highest BCUT2D eigenvalue weighted by Crippen LogP contribution is 2.10. The number of nitrogens with one attached hydrogen (secondary N) is 1. The summed E-state index contributed by atoms with van der Waals surface area (Å²) in [5.41, 5.74) is 1.02. The molecule has 1 aliphatic heterocycles. The number of carbonyl (C=O) groups is 2. The second kappa shape index (κ2) is 14.9. The minimum absolute atomic E-state index is 0.0758. The average Bonchev–Trinajstić information content (AvgIpc) is 3.15. The smallest absolute Gasteiger partial charge is 0.252 e. The zero-order chi connectivity index (χ0) is 21.4. The number of pyridine rings is 1. The molecular weight excluding hydrogens is 378 g/mol. The SMILES string of the molecule is CCCCCCCCCCCOC[n+]1cccc(CNC(=O)CN2CCCC2=O)c1. The van der Waals surface area contributed by atoms with E-state index in [1.165, 1.54) is 51.4 Å². The predicted octanol–water partition coefficient (Wildman–Crippen LogP) is 3.72. The Morgan fingerprint density at radius 3 is 2.57 bits per heavy atom. The maximum Gasteiger partial charge on any atom is 0.252 e. The van der Waals surface area contributed by atoms with E-state index < -0.39 is 0 Å². The Kier molecular flexibility index (Phi) is 12.1. The van der Waals surface area contributed by atoms with Gasteiger partial charge < -0.3 is 15.0 Å². The Morgan fingerprint density at radius 1 is 1.13 bits per heavy atom. The van der Waals surface area contributed by atoms with Crippen molar-refractivity contribution in [1.29, 1.82) is 0 Å². The van der Waals surface area contributed by atoms with Gasteiger partial charge in [0, 0.05) is 31.1 Å². The number of hydrogen-bond acceptors (Lipinski definition) is 3. The van der Waals surface area contributed by atoms with Crippen molar-refractivity contribution in [3.63, 3.8) is 0 Å². The first-order chi connectivity index (χ1) is 14.7. The van der Waals surface area contributed by atoms with Gasteiger partial charge in [-0.15, -0.1) is 0 Å². The van der Waals surface area contributed by atoms with E-state index in [9.17, 15) is 9.59 Å². The summed E-state index contributed by atoms with van der Waals surface area (Å²) >= 11 is 0. The van der Waals surface area contributed by atoms with Crippen LogP contribution < -0.4 is 9.88 Å². The topological polar surface area (TPSA) is 62.5 Å². The molecule has 1 aromatic heterocycles. The summed E-state index contributed by atoms with van der Waals surface area (Å²) in [6.07, 6.45) is 17.2. The highest BCUT2D eigenvalue weighted by Gasteiger charge is 2.22. The molecule has 1 N–H and O–H groups in total. The Bertz CT molecular complexity index is 636. The van der Waals surface area contributed by atoms with Gasteiger partial charge in [0.2, 0.25) is 11.8 Å². The van der Waals surface area contributed by atoms with Crippen molar-refractivity contribution >= 4 is 11.8 Å². The molecule has 30 heavy (non-hydrogen) atoms. The molecule has 1 fully saturated rings. The van der Waals surface area contributed by atoms with Crippen LogP contribution in [0.3, 0.4) is 0 Å². The number of rotatable bonds is 16. The fourth-order valence-corrected chi connectivity index (χ4v) is 3.75. The first-order valence-electron chi connectivity index (χ1n) is 11.8. The van der Waals surface area contributed by atoms with Crippen LogP contribution in [0.4, 0.5) is 0 Å². The Hall–Kier alpha value is -1.95. The highest BCUT2D eigenvalue weighted by atomic mass is 16.5. The molecule has 0 unspecified atom stereocenters. The van der Waals surface area contributed by atoms with E-state index in [4.69, 9.17) is 4.74 Å². The van der Waals surface area contributed by atoms with Crippen LogP contribution in [-0.4, -0.2) is 36.4 Å². The highest BCUT2D eigenvalue weighted by molar-refractivity contribution is 5.85.